The molecule has 1 N–H and O–H groups in total. The predicted molar refractivity (Wildman–Crippen MR) is 106 cm³/mol. The summed E-state index contributed by atoms with van der Waals surface area (Å²) in [6, 6.07) is 0. The number of carboxylic acids is 1. The molecule has 0 saturated carbocycles. The van der Waals surface area contributed by atoms with Crippen LogP contribution in [0.3, 0.4) is 0 Å². The van der Waals surface area contributed by atoms with Crippen LogP contribution in [0.5, 0.6) is 0 Å². The van der Waals surface area contributed by atoms with Crippen molar-refractivity contribution in [2.45, 2.75) is 135 Å². The summed E-state index contributed by atoms with van der Waals surface area (Å²) < 4.78 is 0. The van der Waals surface area contributed by atoms with E-state index in [1.165, 1.54) is 109 Å². The monoisotopic (exact) mass is 391 g/mol. The van der Waals surface area contributed by atoms with E-state index in [-0.39, 0.29) is 18.6 Å². The quantitative estimate of drug-likeness (QED) is 0.214. The molecule has 0 aromatic carbocycles. The van der Waals surface area contributed by atoms with Gasteiger partial charge < -0.3 is 5.11 Å². The van der Waals surface area contributed by atoms with E-state index >= 15 is 0 Å². The van der Waals surface area contributed by atoms with Crippen LogP contribution in [0.25, 0.3) is 0 Å². The van der Waals surface area contributed by atoms with Crippen LogP contribution in [0, 0.1) is 0 Å². The van der Waals surface area contributed by atoms with Gasteiger partial charge in [-0.2, -0.15) is 0 Å². The molecular formula is C22H44O2V. The van der Waals surface area contributed by atoms with Crippen molar-refractivity contribution in [2.75, 3.05) is 0 Å². The number of aliphatic carboxylic acids is 1. The molecular weight excluding hydrogens is 347 g/mol. The molecule has 0 bridgehead atoms. The molecule has 2 nitrogen and oxygen atoms in total. The summed E-state index contributed by atoms with van der Waals surface area (Å²) in [6.07, 6.45) is 26.1. The van der Waals surface area contributed by atoms with Gasteiger partial charge in [-0.05, 0) is 6.42 Å². The van der Waals surface area contributed by atoms with E-state index in [0.29, 0.717) is 6.42 Å². The Kier molecular flexibility index (Phi) is 26.2. The van der Waals surface area contributed by atoms with E-state index in [1.54, 1.807) is 0 Å². The molecule has 0 atom stereocenters. The molecule has 0 fully saturated rings. The van der Waals surface area contributed by atoms with Gasteiger partial charge in [0.15, 0.2) is 0 Å². The molecule has 0 aliphatic heterocycles. The van der Waals surface area contributed by atoms with Crippen molar-refractivity contribution >= 4 is 5.97 Å². The molecule has 25 heavy (non-hydrogen) atoms. The first-order valence-corrected chi connectivity index (χ1v) is 11.0. The Morgan fingerprint density at radius 1 is 0.520 bits per heavy atom. The summed E-state index contributed by atoms with van der Waals surface area (Å²) in [5, 5.41) is 8.56. The van der Waals surface area contributed by atoms with Crippen molar-refractivity contribution < 1.29 is 28.5 Å². The zero-order chi connectivity index (χ0) is 17.7. The van der Waals surface area contributed by atoms with E-state index in [9.17, 15) is 4.79 Å². The maximum atomic E-state index is 10.4. The summed E-state index contributed by atoms with van der Waals surface area (Å²) in [5.74, 6) is -0.651. The SMILES string of the molecule is CCCCCCCCCCCCCCCCCCCCCC(=O)O.[V]. The Balaban J connectivity index is 0. The van der Waals surface area contributed by atoms with Gasteiger partial charge in [0.2, 0.25) is 0 Å². The van der Waals surface area contributed by atoms with Gasteiger partial charge in [-0.15, -0.1) is 0 Å². The molecule has 0 amide bonds. The van der Waals surface area contributed by atoms with Crippen LogP contribution in [0.2, 0.25) is 0 Å². The van der Waals surface area contributed by atoms with Gasteiger partial charge in [0.25, 0.3) is 0 Å². The number of rotatable bonds is 20. The summed E-state index contributed by atoms with van der Waals surface area (Å²) >= 11 is 0. The molecule has 0 aromatic rings. The first kappa shape index (κ1) is 27.3. The molecule has 0 aliphatic rings. The molecule has 0 aliphatic carbocycles. The largest absolute Gasteiger partial charge is 0.481 e. The molecule has 0 aromatic heterocycles. The minimum Gasteiger partial charge on any atom is -0.481 e. The van der Waals surface area contributed by atoms with E-state index < -0.39 is 5.97 Å². The minimum absolute atomic E-state index is 0. The van der Waals surface area contributed by atoms with Gasteiger partial charge in [0.1, 0.15) is 0 Å². The number of hydrogen-bond donors (Lipinski definition) is 1. The van der Waals surface area contributed by atoms with E-state index in [0.717, 1.165) is 12.8 Å². The van der Waals surface area contributed by atoms with E-state index in [1.807, 2.05) is 0 Å². The molecule has 3 heteroatoms. The van der Waals surface area contributed by atoms with Crippen LogP contribution in [0.4, 0.5) is 0 Å². The zero-order valence-electron chi connectivity index (χ0n) is 16.9. The standard InChI is InChI=1S/C22H44O2.V/c1-2-3-4-5-6-7-8-9-10-11-12-13-14-15-16-17-18-19-20-21-22(23)24;/h2-21H2,1H3,(H,23,24);. The maximum absolute atomic E-state index is 10.4. The Labute approximate surface area is 169 Å². The molecule has 1 radical (unpaired) electrons. The van der Waals surface area contributed by atoms with Crippen LogP contribution >= 0.6 is 0 Å². The van der Waals surface area contributed by atoms with Crippen molar-refractivity contribution in [1.82, 2.24) is 0 Å². The fraction of sp³-hybridized carbons (Fsp3) is 0.955. The Morgan fingerprint density at radius 3 is 1.00 bits per heavy atom. The second kappa shape index (κ2) is 24.1. The van der Waals surface area contributed by atoms with Gasteiger partial charge in [-0.1, -0.05) is 122 Å². The van der Waals surface area contributed by atoms with Crippen LogP contribution in [0.15, 0.2) is 0 Å². The predicted octanol–water partition coefficient (Wildman–Crippen LogP) is 7.89. The van der Waals surface area contributed by atoms with Crippen molar-refractivity contribution in [2.24, 2.45) is 0 Å². The van der Waals surface area contributed by atoms with Gasteiger partial charge in [0, 0.05) is 25.0 Å². The van der Waals surface area contributed by atoms with Gasteiger partial charge in [0.05, 0.1) is 0 Å². The molecule has 0 unspecified atom stereocenters. The Bertz CT molecular complexity index is 256. The topological polar surface area (TPSA) is 37.3 Å². The van der Waals surface area contributed by atoms with Crippen LogP contribution in [0.1, 0.15) is 135 Å². The molecule has 0 saturated heterocycles. The van der Waals surface area contributed by atoms with Gasteiger partial charge >= 0.3 is 5.97 Å². The van der Waals surface area contributed by atoms with E-state index in [4.69, 9.17) is 5.11 Å². The molecule has 149 valence electrons. The van der Waals surface area contributed by atoms with Crippen molar-refractivity contribution in [3.63, 3.8) is 0 Å². The normalized spacial score (nSPS) is 10.6. The third kappa shape index (κ3) is 26.4. The van der Waals surface area contributed by atoms with Crippen LogP contribution < -0.4 is 0 Å². The second-order valence-electron chi connectivity index (χ2n) is 7.51. The third-order valence-electron chi connectivity index (χ3n) is 4.99. The molecule has 0 heterocycles. The summed E-state index contributed by atoms with van der Waals surface area (Å²) in [4.78, 5) is 10.4. The molecule has 0 rings (SSSR count). The summed E-state index contributed by atoms with van der Waals surface area (Å²) in [7, 11) is 0. The fourth-order valence-electron chi connectivity index (χ4n) is 3.35. The van der Waals surface area contributed by atoms with Gasteiger partial charge in [-0.25, -0.2) is 0 Å². The Morgan fingerprint density at radius 2 is 0.760 bits per heavy atom. The fourth-order valence-corrected chi connectivity index (χ4v) is 3.35. The van der Waals surface area contributed by atoms with Crippen molar-refractivity contribution in [3.8, 4) is 0 Å². The number of carbonyl (C=O) groups is 1. The zero-order valence-corrected chi connectivity index (χ0v) is 18.3. The van der Waals surface area contributed by atoms with E-state index in [2.05, 4.69) is 6.92 Å². The number of carboxylic acid groups (broad SMARTS) is 1. The second-order valence-corrected chi connectivity index (χ2v) is 7.51. The average Bonchev–Trinajstić information content (AvgIpc) is 2.56. The van der Waals surface area contributed by atoms with Crippen molar-refractivity contribution in [1.29, 1.82) is 0 Å². The Hall–Kier alpha value is 0.0544. The molecule has 0 spiro atoms. The van der Waals surface area contributed by atoms with Crippen molar-refractivity contribution in [3.05, 3.63) is 0 Å². The van der Waals surface area contributed by atoms with Gasteiger partial charge in [-0.3, -0.25) is 4.79 Å². The van der Waals surface area contributed by atoms with Crippen LogP contribution in [-0.2, 0) is 23.4 Å². The first-order chi connectivity index (χ1) is 11.8. The third-order valence-corrected chi connectivity index (χ3v) is 4.99. The number of hydrogen-bond acceptors (Lipinski definition) is 1. The minimum atomic E-state index is -0.651. The summed E-state index contributed by atoms with van der Waals surface area (Å²) in [5.41, 5.74) is 0. The smallest absolute Gasteiger partial charge is 0.303 e. The average molecular weight is 392 g/mol. The first-order valence-electron chi connectivity index (χ1n) is 11.0. The number of unbranched alkanes of at least 4 members (excludes halogenated alkanes) is 18. The summed E-state index contributed by atoms with van der Waals surface area (Å²) in [6.45, 7) is 2.28. The van der Waals surface area contributed by atoms with Crippen LogP contribution in [-0.4, -0.2) is 11.1 Å². The maximum Gasteiger partial charge on any atom is 0.303 e.